The molecule has 5 nitrogen and oxygen atoms in total. The second-order valence-corrected chi connectivity index (χ2v) is 5.66. The number of ether oxygens (including phenoxy) is 1. The molecule has 0 unspecified atom stereocenters. The standard InChI is InChI=1S/C16H20N2O3/c1-18-14-5-3-2-4-12(14)13(10-15(18)19)17-11-16(20)6-8-21-9-7-16/h2-5,10,17,20H,6-9,11H2,1H3. The fourth-order valence-electron chi connectivity index (χ4n) is 2.74. The molecule has 1 aliphatic rings. The summed E-state index contributed by atoms with van der Waals surface area (Å²) in [4.78, 5) is 12.0. The van der Waals surface area contributed by atoms with E-state index in [1.54, 1.807) is 17.7 Å². The Morgan fingerprint density at radius 2 is 2.05 bits per heavy atom. The van der Waals surface area contributed by atoms with Gasteiger partial charge in [0.1, 0.15) is 0 Å². The van der Waals surface area contributed by atoms with Gasteiger partial charge in [-0.15, -0.1) is 0 Å². The van der Waals surface area contributed by atoms with Crippen molar-refractivity contribution in [2.75, 3.05) is 25.1 Å². The lowest BCUT2D eigenvalue weighted by atomic mass is 9.94. The van der Waals surface area contributed by atoms with E-state index in [0.29, 0.717) is 32.6 Å². The predicted molar refractivity (Wildman–Crippen MR) is 82.7 cm³/mol. The van der Waals surface area contributed by atoms with E-state index in [4.69, 9.17) is 4.74 Å². The molecule has 0 saturated carbocycles. The fraction of sp³-hybridized carbons (Fsp3) is 0.438. The molecular formula is C16H20N2O3. The van der Waals surface area contributed by atoms with Crippen LogP contribution in [0.3, 0.4) is 0 Å². The quantitative estimate of drug-likeness (QED) is 0.898. The SMILES string of the molecule is Cn1c(=O)cc(NCC2(O)CCOCC2)c2ccccc21. The summed E-state index contributed by atoms with van der Waals surface area (Å²) >= 11 is 0. The largest absolute Gasteiger partial charge is 0.388 e. The minimum absolute atomic E-state index is 0.0600. The first kappa shape index (κ1) is 14.1. The van der Waals surface area contributed by atoms with E-state index in [-0.39, 0.29) is 5.56 Å². The Morgan fingerprint density at radius 1 is 1.33 bits per heavy atom. The van der Waals surface area contributed by atoms with E-state index in [9.17, 15) is 9.90 Å². The maximum Gasteiger partial charge on any atom is 0.252 e. The van der Waals surface area contributed by atoms with Crippen molar-refractivity contribution in [3.8, 4) is 0 Å². The number of nitrogens with one attached hydrogen (secondary N) is 1. The van der Waals surface area contributed by atoms with Crippen LogP contribution in [0.15, 0.2) is 35.1 Å². The van der Waals surface area contributed by atoms with Gasteiger partial charge in [0.15, 0.2) is 0 Å². The number of anilines is 1. The van der Waals surface area contributed by atoms with Crippen LogP contribution in [0.2, 0.25) is 0 Å². The summed E-state index contributed by atoms with van der Waals surface area (Å²) in [5.41, 5.74) is 0.829. The number of hydrogen-bond donors (Lipinski definition) is 2. The molecule has 0 spiro atoms. The average molecular weight is 288 g/mol. The molecule has 1 saturated heterocycles. The molecule has 1 aromatic carbocycles. The van der Waals surface area contributed by atoms with Gasteiger partial charge in [0.2, 0.25) is 0 Å². The lowest BCUT2D eigenvalue weighted by Crippen LogP contribution is -2.42. The third-order valence-corrected chi connectivity index (χ3v) is 4.19. The zero-order chi connectivity index (χ0) is 14.9. The first-order valence-corrected chi connectivity index (χ1v) is 7.22. The van der Waals surface area contributed by atoms with Crippen LogP contribution < -0.4 is 10.9 Å². The van der Waals surface area contributed by atoms with Crippen LogP contribution >= 0.6 is 0 Å². The number of rotatable bonds is 3. The topological polar surface area (TPSA) is 63.5 Å². The Kier molecular flexibility index (Phi) is 3.69. The van der Waals surface area contributed by atoms with E-state index in [1.165, 1.54) is 0 Å². The van der Waals surface area contributed by atoms with Gasteiger partial charge in [-0.2, -0.15) is 0 Å². The third kappa shape index (κ3) is 2.80. The number of pyridine rings is 1. The number of aromatic nitrogens is 1. The molecule has 0 atom stereocenters. The summed E-state index contributed by atoms with van der Waals surface area (Å²) in [6, 6.07) is 9.35. The maximum atomic E-state index is 12.0. The highest BCUT2D eigenvalue weighted by atomic mass is 16.5. The Morgan fingerprint density at radius 3 is 2.81 bits per heavy atom. The van der Waals surface area contributed by atoms with Crippen molar-refractivity contribution in [1.82, 2.24) is 4.57 Å². The van der Waals surface area contributed by atoms with Gasteiger partial charge < -0.3 is 19.7 Å². The molecule has 0 radical (unpaired) electrons. The molecular weight excluding hydrogens is 268 g/mol. The predicted octanol–water partition coefficient (Wildman–Crippen LogP) is 1.49. The Hall–Kier alpha value is -1.85. The highest BCUT2D eigenvalue weighted by molar-refractivity contribution is 5.91. The zero-order valence-electron chi connectivity index (χ0n) is 12.1. The molecule has 1 fully saturated rings. The molecule has 1 aliphatic heterocycles. The summed E-state index contributed by atoms with van der Waals surface area (Å²) < 4.78 is 6.91. The average Bonchev–Trinajstić information content (AvgIpc) is 2.50. The van der Waals surface area contributed by atoms with Crippen molar-refractivity contribution < 1.29 is 9.84 Å². The number of fused-ring (bicyclic) bond motifs is 1. The van der Waals surface area contributed by atoms with Gasteiger partial charge in [-0.1, -0.05) is 18.2 Å². The second-order valence-electron chi connectivity index (χ2n) is 5.66. The monoisotopic (exact) mass is 288 g/mol. The number of para-hydroxylation sites is 1. The van der Waals surface area contributed by atoms with Crippen LogP contribution in [0.4, 0.5) is 5.69 Å². The second kappa shape index (κ2) is 5.50. The fourth-order valence-corrected chi connectivity index (χ4v) is 2.74. The van der Waals surface area contributed by atoms with E-state index in [0.717, 1.165) is 16.6 Å². The van der Waals surface area contributed by atoms with Crippen LogP contribution in [-0.2, 0) is 11.8 Å². The van der Waals surface area contributed by atoms with Crippen molar-refractivity contribution in [2.24, 2.45) is 7.05 Å². The Labute approximate surface area is 123 Å². The maximum absolute atomic E-state index is 12.0. The summed E-state index contributed by atoms with van der Waals surface area (Å²) in [7, 11) is 1.76. The molecule has 112 valence electrons. The van der Waals surface area contributed by atoms with Crippen molar-refractivity contribution in [3.05, 3.63) is 40.7 Å². The van der Waals surface area contributed by atoms with Crippen molar-refractivity contribution in [2.45, 2.75) is 18.4 Å². The molecule has 5 heteroatoms. The molecule has 0 bridgehead atoms. The summed E-state index contributed by atoms with van der Waals surface area (Å²) in [5, 5.41) is 14.7. The summed E-state index contributed by atoms with van der Waals surface area (Å²) in [6.45, 7) is 1.58. The third-order valence-electron chi connectivity index (χ3n) is 4.19. The molecule has 2 heterocycles. The Balaban J connectivity index is 1.90. The molecule has 2 aromatic rings. The van der Waals surface area contributed by atoms with Crippen molar-refractivity contribution >= 4 is 16.6 Å². The van der Waals surface area contributed by atoms with E-state index in [1.807, 2.05) is 24.3 Å². The van der Waals surface area contributed by atoms with Gasteiger partial charge in [0.05, 0.1) is 11.1 Å². The minimum atomic E-state index is -0.763. The number of aryl methyl sites for hydroxylation is 1. The smallest absolute Gasteiger partial charge is 0.252 e. The lowest BCUT2D eigenvalue weighted by molar-refractivity contribution is -0.0543. The van der Waals surface area contributed by atoms with Gasteiger partial charge in [0.25, 0.3) is 5.56 Å². The van der Waals surface area contributed by atoms with Gasteiger partial charge in [-0.25, -0.2) is 0 Å². The highest BCUT2D eigenvalue weighted by Crippen LogP contribution is 2.24. The number of benzene rings is 1. The van der Waals surface area contributed by atoms with Gasteiger partial charge in [-0.3, -0.25) is 4.79 Å². The molecule has 3 rings (SSSR count). The highest BCUT2D eigenvalue weighted by Gasteiger charge is 2.29. The van der Waals surface area contributed by atoms with Gasteiger partial charge in [0, 0.05) is 56.8 Å². The zero-order valence-corrected chi connectivity index (χ0v) is 12.1. The van der Waals surface area contributed by atoms with Crippen molar-refractivity contribution in [3.63, 3.8) is 0 Å². The molecule has 1 aromatic heterocycles. The molecule has 0 aliphatic carbocycles. The lowest BCUT2D eigenvalue weighted by Gasteiger charge is -2.32. The van der Waals surface area contributed by atoms with Crippen LogP contribution in [0, 0.1) is 0 Å². The van der Waals surface area contributed by atoms with Crippen molar-refractivity contribution in [1.29, 1.82) is 0 Å². The summed E-state index contributed by atoms with van der Waals surface area (Å²) in [5.74, 6) is 0. The minimum Gasteiger partial charge on any atom is -0.388 e. The van der Waals surface area contributed by atoms with Crippen LogP contribution in [0.1, 0.15) is 12.8 Å². The number of nitrogens with zero attached hydrogens (tertiary/aromatic N) is 1. The number of aliphatic hydroxyl groups is 1. The van der Waals surface area contributed by atoms with Crippen LogP contribution in [-0.4, -0.2) is 35.0 Å². The number of hydrogen-bond acceptors (Lipinski definition) is 4. The molecule has 21 heavy (non-hydrogen) atoms. The van der Waals surface area contributed by atoms with Gasteiger partial charge >= 0.3 is 0 Å². The summed E-state index contributed by atoms with van der Waals surface area (Å²) in [6.07, 6.45) is 1.23. The first-order valence-electron chi connectivity index (χ1n) is 7.22. The normalized spacial score (nSPS) is 17.8. The van der Waals surface area contributed by atoms with E-state index < -0.39 is 5.60 Å². The van der Waals surface area contributed by atoms with Crippen LogP contribution in [0.5, 0.6) is 0 Å². The van der Waals surface area contributed by atoms with E-state index >= 15 is 0 Å². The Bertz CT molecular complexity index is 702. The first-order chi connectivity index (χ1) is 10.1. The molecule has 0 amide bonds. The van der Waals surface area contributed by atoms with Crippen LogP contribution in [0.25, 0.3) is 10.9 Å². The van der Waals surface area contributed by atoms with E-state index in [2.05, 4.69) is 5.32 Å². The molecule has 2 N–H and O–H groups in total. The van der Waals surface area contributed by atoms with Gasteiger partial charge in [-0.05, 0) is 6.07 Å².